The molecule has 0 saturated heterocycles. The molecule has 0 heterocycles. The smallest absolute Gasteiger partial charge is 0.0716 e. The Morgan fingerprint density at radius 2 is 1.80 bits per heavy atom. The van der Waals surface area contributed by atoms with Crippen LogP contribution in [-0.2, 0) is 16.1 Å². The SMILES string of the molecule is C[C@H](CCOCc1ccccc1)OCC(C)(C)[SiH](C)C. The zero-order valence-electron chi connectivity index (χ0n) is 13.7. The molecule has 1 atom stereocenters. The Kier molecular flexibility index (Phi) is 7.49. The number of benzene rings is 1. The molecule has 0 aliphatic heterocycles. The van der Waals surface area contributed by atoms with E-state index in [-0.39, 0.29) is 6.10 Å². The lowest BCUT2D eigenvalue weighted by molar-refractivity contribution is 0.0183. The molecule has 0 fully saturated rings. The Morgan fingerprint density at radius 3 is 2.40 bits per heavy atom. The van der Waals surface area contributed by atoms with Crippen molar-refractivity contribution >= 4 is 8.80 Å². The molecule has 0 radical (unpaired) electrons. The van der Waals surface area contributed by atoms with E-state index < -0.39 is 8.80 Å². The van der Waals surface area contributed by atoms with Crippen molar-refractivity contribution in [3.8, 4) is 0 Å². The topological polar surface area (TPSA) is 18.5 Å². The molecule has 0 bridgehead atoms. The van der Waals surface area contributed by atoms with Crippen LogP contribution in [0, 0.1) is 0 Å². The second kappa shape index (κ2) is 8.60. The third-order valence-corrected chi connectivity index (χ3v) is 7.38. The van der Waals surface area contributed by atoms with Gasteiger partial charge in [0.2, 0.25) is 0 Å². The molecule has 0 unspecified atom stereocenters. The summed E-state index contributed by atoms with van der Waals surface area (Å²) in [6.45, 7) is 13.9. The van der Waals surface area contributed by atoms with Gasteiger partial charge in [-0.3, -0.25) is 0 Å². The summed E-state index contributed by atoms with van der Waals surface area (Å²) in [5.41, 5.74) is 1.23. The summed E-state index contributed by atoms with van der Waals surface area (Å²) in [6, 6.07) is 10.3. The maximum absolute atomic E-state index is 5.98. The van der Waals surface area contributed by atoms with Crippen molar-refractivity contribution in [2.75, 3.05) is 13.2 Å². The fourth-order valence-electron chi connectivity index (χ4n) is 1.62. The van der Waals surface area contributed by atoms with Crippen LogP contribution in [0.15, 0.2) is 30.3 Å². The van der Waals surface area contributed by atoms with Gasteiger partial charge in [-0.15, -0.1) is 0 Å². The minimum atomic E-state index is -0.669. The standard InChI is InChI=1S/C17H30O2Si/c1-15(19-14-17(2,3)20(4)5)11-12-18-13-16-9-7-6-8-10-16/h6-10,15,20H,11-14H2,1-5H3/t15-/m1/s1. The van der Waals surface area contributed by atoms with Crippen LogP contribution in [0.4, 0.5) is 0 Å². The molecule has 0 aromatic heterocycles. The van der Waals surface area contributed by atoms with Crippen LogP contribution >= 0.6 is 0 Å². The molecule has 0 aliphatic carbocycles. The van der Waals surface area contributed by atoms with Gasteiger partial charge < -0.3 is 9.47 Å². The second-order valence-electron chi connectivity index (χ2n) is 6.59. The molecule has 0 N–H and O–H groups in total. The predicted molar refractivity (Wildman–Crippen MR) is 89.0 cm³/mol. The first-order chi connectivity index (χ1) is 9.42. The van der Waals surface area contributed by atoms with Crippen LogP contribution in [0.3, 0.4) is 0 Å². The van der Waals surface area contributed by atoms with E-state index in [1.807, 2.05) is 18.2 Å². The molecule has 114 valence electrons. The van der Waals surface area contributed by atoms with Crippen molar-refractivity contribution in [2.45, 2.75) is 58.0 Å². The fraction of sp³-hybridized carbons (Fsp3) is 0.647. The Morgan fingerprint density at radius 1 is 1.15 bits per heavy atom. The van der Waals surface area contributed by atoms with Gasteiger partial charge in [0.15, 0.2) is 0 Å². The summed E-state index contributed by atoms with van der Waals surface area (Å²) in [5.74, 6) is 0. The quantitative estimate of drug-likeness (QED) is 0.500. The summed E-state index contributed by atoms with van der Waals surface area (Å²) in [7, 11) is -0.669. The van der Waals surface area contributed by atoms with Gasteiger partial charge in [-0.05, 0) is 23.9 Å². The Bertz CT molecular complexity index is 363. The van der Waals surface area contributed by atoms with Crippen LogP contribution in [0.1, 0.15) is 32.8 Å². The molecule has 20 heavy (non-hydrogen) atoms. The summed E-state index contributed by atoms with van der Waals surface area (Å²) in [5, 5.41) is 0.374. The number of rotatable bonds is 9. The summed E-state index contributed by atoms with van der Waals surface area (Å²) in [6.07, 6.45) is 1.24. The zero-order valence-corrected chi connectivity index (χ0v) is 14.8. The van der Waals surface area contributed by atoms with Gasteiger partial charge in [0.25, 0.3) is 0 Å². The lowest BCUT2D eigenvalue weighted by Gasteiger charge is -2.29. The molecule has 0 saturated carbocycles. The molecule has 2 nitrogen and oxygen atoms in total. The molecule has 3 heteroatoms. The van der Waals surface area contributed by atoms with Crippen LogP contribution in [0.5, 0.6) is 0 Å². The van der Waals surface area contributed by atoms with E-state index in [9.17, 15) is 0 Å². The van der Waals surface area contributed by atoms with Gasteiger partial charge >= 0.3 is 0 Å². The van der Waals surface area contributed by atoms with E-state index >= 15 is 0 Å². The number of hydrogen-bond donors (Lipinski definition) is 0. The molecule has 1 rings (SSSR count). The van der Waals surface area contributed by atoms with Gasteiger partial charge in [0.1, 0.15) is 0 Å². The van der Waals surface area contributed by atoms with Crippen molar-refractivity contribution in [2.24, 2.45) is 0 Å². The van der Waals surface area contributed by atoms with E-state index in [1.54, 1.807) is 0 Å². The average Bonchev–Trinajstić information content (AvgIpc) is 2.42. The Hall–Kier alpha value is -0.643. The molecular formula is C17H30O2Si. The maximum Gasteiger partial charge on any atom is 0.0716 e. The largest absolute Gasteiger partial charge is 0.378 e. The lowest BCUT2D eigenvalue weighted by Crippen LogP contribution is -2.28. The third-order valence-electron chi connectivity index (χ3n) is 4.08. The highest BCUT2D eigenvalue weighted by atomic mass is 28.3. The van der Waals surface area contributed by atoms with Crippen LogP contribution in [0.25, 0.3) is 0 Å². The van der Waals surface area contributed by atoms with Crippen molar-refractivity contribution in [1.82, 2.24) is 0 Å². The molecule has 0 aliphatic rings. The van der Waals surface area contributed by atoms with Crippen molar-refractivity contribution in [1.29, 1.82) is 0 Å². The Balaban J connectivity index is 2.13. The van der Waals surface area contributed by atoms with E-state index in [0.717, 1.165) is 19.6 Å². The van der Waals surface area contributed by atoms with Gasteiger partial charge in [0.05, 0.1) is 12.7 Å². The fourth-order valence-corrected chi connectivity index (χ4v) is 2.05. The maximum atomic E-state index is 5.98. The Labute approximate surface area is 126 Å². The number of hydrogen-bond acceptors (Lipinski definition) is 2. The minimum absolute atomic E-state index is 0.276. The summed E-state index contributed by atoms with van der Waals surface area (Å²) >= 11 is 0. The first-order valence-electron chi connectivity index (χ1n) is 7.65. The summed E-state index contributed by atoms with van der Waals surface area (Å²) in [4.78, 5) is 0. The molecule has 1 aromatic carbocycles. The van der Waals surface area contributed by atoms with Crippen LogP contribution in [-0.4, -0.2) is 28.1 Å². The molecule has 0 amide bonds. The highest BCUT2D eigenvalue weighted by molar-refractivity contribution is 6.59. The third kappa shape index (κ3) is 6.68. The van der Waals surface area contributed by atoms with E-state index in [2.05, 4.69) is 46.0 Å². The molecular weight excluding hydrogens is 264 g/mol. The molecule has 0 spiro atoms. The summed E-state index contributed by atoms with van der Waals surface area (Å²) < 4.78 is 11.7. The van der Waals surface area contributed by atoms with E-state index in [1.165, 1.54) is 5.56 Å². The van der Waals surface area contributed by atoms with Gasteiger partial charge in [0, 0.05) is 22.0 Å². The minimum Gasteiger partial charge on any atom is -0.378 e. The zero-order chi connectivity index (χ0) is 15.0. The van der Waals surface area contributed by atoms with Crippen molar-refractivity contribution in [3.63, 3.8) is 0 Å². The predicted octanol–water partition coefficient (Wildman–Crippen LogP) is 4.27. The van der Waals surface area contributed by atoms with Crippen molar-refractivity contribution in [3.05, 3.63) is 35.9 Å². The second-order valence-corrected chi connectivity index (χ2v) is 10.5. The van der Waals surface area contributed by atoms with Gasteiger partial charge in [-0.1, -0.05) is 57.3 Å². The van der Waals surface area contributed by atoms with E-state index in [0.29, 0.717) is 11.6 Å². The lowest BCUT2D eigenvalue weighted by atomic mass is 10.2. The normalized spacial score (nSPS) is 13.7. The first kappa shape index (κ1) is 17.4. The number of ether oxygens (including phenoxy) is 2. The monoisotopic (exact) mass is 294 g/mol. The van der Waals surface area contributed by atoms with Crippen LogP contribution in [0.2, 0.25) is 18.1 Å². The average molecular weight is 295 g/mol. The highest BCUT2D eigenvalue weighted by Gasteiger charge is 2.24. The van der Waals surface area contributed by atoms with Gasteiger partial charge in [-0.2, -0.15) is 0 Å². The molecule has 1 aromatic rings. The van der Waals surface area contributed by atoms with Gasteiger partial charge in [-0.25, -0.2) is 0 Å². The van der Waals surface area contributed by atoms with E-state index in [4.69, 9.17) is 9.47 Å². The first-order valence-corrected chi connectivity index (χ1v) is 10.5. The van der Waals surface area contributed by atoms with Crippen molar-refractivity contribution < 1.29 is 9.47 Å². The van der Waals surface area contributed by atoms with Crippen LogP contribution < -0.4 is 0 Å². The highest BCUT2D eigenvalue weighted by Crippen LogP contribution is 2.28.